The van der Waals surface area contributed by atoms with Gasteiger partial charge < -0.3 is 9.13 Å². The fraction of sp³-hybridized carbons (Fsp3) is 0.227. The molecule has 0 bridgehead atoms. The summed E-state index contributed by atoms with van der Waals surface area (Å²) in [6.07, 6.45) is -1.10. The highest BCUT2D eigenvalue weighted by Gasteiger charge is 2.29. The van der Waals surface area contributed by atoms with Gasteiger partial charge in [-0.1, -0.05) is 114 Å². The standard InChI is InChI=1S/C44H42N2/c1-43(2,3)31-21-23-41-37(27-31)35-17-7-9-19-39(35)45(41)33-15-11-13-29(25-33)30-14-12-16-34(26-30)46-40-20-10-8-18-36(40)38-28-32(44(4,5)6)22-24-42(38)46/h7-27,32H,28H2,1-6H3/i7D,8D,9D,10D,17D,18D,19D,20D,21D,22D,23D,24D,27D,28D. The van der Waals surface area contributed by atoms with E-state index < -0.39 is 47.3 Å². The largest absolute Gasteiger partial charge is 0.310 e. The predicted octanol–water partition coefficient (Wildman–Crippen LogP) is 11.9. The first-order valence-corrected chi connectivity index (χ1v) is 15.4. The summed E-state index contributed by atoms with van der Waals surface area (Å²) in [6.45, 7) is 11.2. The van der Waals surface area contributed by atoms with Gasteiger partial charge in [-0.2, -0.15) is 0 Å². The van der Waals surface area contributed by atoms with Crippen molar-refractivity contribution in [1.82, 2.24) is 9.13 Å². The van der Waals surface area contributed by atoms with Gasteiger partial charge in [0.05, 0.1) is 34.4 Å². The van der Waals surface area contributed by atoms with Gasteiger partial charge in [0, 0.05) is 34.6 Å². The van der Waals surface area contributed by atoms with E-state index in [1.165, 1.54) is 4.57 Å². The van der Waals surface area contributed by atoms with E-state index in [9.17, 15) is 5.48 Å². The number of rotatable bonds is 3. The van der Waals surface area contributed by atoms with Gasteiger partial charge in [0.25, 0.3) is 0 Å². The maximum absolute atomic E-state index is 9.47. The molecule has 2 heterocycles. The molecule has 2 nitrogen and oxygen atoms in total. The third kappa shape index (κ3) is 4.62. The lowest BCUT2D eigenvalue weighted by atomic mass is 9.75. The molecule has 2 heteroatoms. The summed E-state index contributed by atoms with van der Waals surface area (Å²) in [5.41, 5.74) is 1.68. The van der Waals surface area contributed by atoms with E-state index in [1.807, 2.05) is 53.7 Å². The molecular formula is C44H42N2. The van der Waals surface area contributed by atoms with Crippen LogP contribution in [-0.4, -0.2) is 9.13 Å². The first-order valence-electron chi connectivity index (χ1n) is 22.5. The van der Waals surface area contributed by atoms with Crippen LogP contribution in [0.25, 0.3) is 61.3 Å². The SMILES string of the molecule is [2H]C1=C([2H])C(C(C)(C)C)C([2H])c2c1n(-c1cccc(-c3cccc(-n4c5c([2H])c([2H])c([2H])c([2H])c5c5c([2H])c(C(C)(C)C)c([2H])c([2H])c54)c3)c1)c1c([2H])c([2H])c([2H])c([2H])c21. The summed E-state index contributed by atoms with van der Waals surface area (Å²) in [6, 6.07) is 10.1. The number of fused-ring (bicyclic) bond motifs is 6. The first-order chi connectivity index (χ1) is 27.9. The van der Waals surface area contributed by atoms with Gasteiger partial charge in [-0.15, -0.1) is 0 Å². The van der Waals surface area contributed by atoms with Gasteiger partial charge >= 0.3 is 0 Å². The van der Waals surface area contributed by atoms with Crippen LogP contribution in [-0.2, 0) is 11.8 Å². The molecule has 1 aliphatic rings. The molecule has 2 atom stereocenters. The average molecular weight is 613 g/mol. The van der Waals surface area contributed by atoms with Crippen LogP contribution in [0, 0.1) is 11.3 Å². The Morgan fingerprint density at radius 2 is 1.26 bits per heavy atom. The van der Waals surface area contributed by atoms with Crippen molar-refractivity contribution in [3.63, 3.8) is 0 Å². The van der Waals surface area contributed by atoms with Gasteiger partial charge in [-0.25, -0.2) is 0 Å². The normalized spacial score (nSPS) is 21.5. The minimum Gasteiger partial charge on any atom is -0.310 e. The minimum absolute atomic E-state index is 0.0580. The van der Waals surface area contributed by atoms with Crippen molar-refractivity contribution in [3.05, 3.63) is 138 Å². The van der Waals surface area contributed by atoms with Crippen molar-refractivity contribution in [1.29, 1.82) is 0 Å². The van der Waals surface area contributed by atoms with E-state index in [4.69, 9.17) is 13.7 Å². The van der Waals surface area contributed by atoms with E-state index in [1.54, 1.807) is 41.0 Å². The van der Waals surface area contributed by atoms with Crippen LogP contribution in [0.4, 0.5) is 0 Å². The third-order valence-electron chi connectivity index (χ3n) is 8.70. The van der Waals surface area contributed by atoms with Crippen molar-refractivity contribution < 1.29 is 19.2 Å². The Morgan fingerprint density at radius 1 is 0.674 bits per heavy atom. The van der Waals surface area contributed by atoms with Crippen molar-refractivity contribution in [2.45, 2.75) is 53.4 Å². The Hall–Kier alpha value is -4.82. The molecule has 228 valence electrons. The number of benzene rings is 5. The summed E-state index contributed by atoms with van der Waals surface area (Å²) in [5.74, 6) is -0.722. The molecule has 2 aromatic heterocycles. The molecule has 2 unspecified atom stereocenters. The van der Waals surface area contributed by atoms with Crippen molar-refractivity contribution >= 4 is 38.8 Å². The number of allylic oxidation sites excluding steroid dienone is 1. The molecule has 0 saturated carbocycles. The fourth-order valence-electron chi connectivity index (χ4n) is 6.18. The molecule has 0 N–H and O–H groups in total. The molecule has 46 heavy (non-hydrogen) atoms. The second kappa shape index (κ2) is 10.4. The predicted molar refractivity (Wildman–Crippen MR) is 197 cm³/mol. The second-order valence-electron chi connectivity index (χ2n) is 14.0. The molecule has 8 rings (SSSR count). The summed E-state index contributed by atoms with van der Waals surface area (Å²) in [4.78, 5) is 0. The maximum atomic E-state index is 9.47. The number of hydrogen-bond acceptors (Lipinski definition) is 0. The lowest BCUT2D eigenvalue weighted by Crippen LogP contribution is -2.22. The van der Waals surface area contributed by atoms with E-state index in [2.05, 4.69) is 0 Å². The lowest BCUT2D eigenvalue weighted by molar-refractivity contribution is 0.291. The Labute approximate surface area is 292 Å². The Balaban J connectivity index is 1.42. The van der Waals surface area contributed by atoms with E-state index in [-0.39, 0.29) is 104 Å². The Bertz CT molecular complexity index is 3070. The molecule has 0 saturated heterocycles. The molecule has 5 aromatic carbocycles. The highest BCUT2D eigenvalue weighted by atomic mass is 15.0. The molecule has 0 fully saturated rings. The molecular weight excluding hydrogens is 556 g/mol. The van der Waals surface area contributed by atoms with Crippen LogP contribution in [0.5, 0.6) is 0 Å². The number of para-hydroxylation sites is 2. The molecule has 0 amide bonds. The molecule has 1 aliphatic carbocycles. The van der Waals surface area contributed by atoms with Crippen LogP contribution in [0.2, 0.25) is 0 Å². The topological polar surface area (TPSA) is 9.86 Å². The highest BCUT2D eigenvalue weighted by molar-refractivity contribution is 6.09. The van der Waals surface area contributed by atoms with Crippen LogP contribution in [0.3, 0.4) is 0 Å². The average Bonchev–Trinajstić information content (AvgIpc) is 3.74. The van der Waals surface area contributed by atoms with Crippen molar-refractivity contribution in [3.8, 4) is 22.5 Å². The number of aromatic nitrogens is 2. The monoisotopic (exact) mass is 612 g/mol. The molecule has 7 aromatic rings. The van der Waals surface area contributed by atoms with Crippen LogP contribution in [0.1, 0.15) is 77.6 Å². The smallest absolute Gasteiger partial charge is 0.0645 e. The second-order valence-corrected chi connectivity index (χ2v) is 14.0. The van der Waals surface area contributed by atoms with Crippen LogP contribution in [0.15, 0.2) is 121 Å². The molecule has 0 radical (unpaired) electrons. The van der Waals surface area contributed by atoms with Gasteiger partial charge in [-0.05, 0) is 99.9 Å². The highest BCUT2D eigenvalue weighted by Crippen LogP contribution is 2.41. The van der Waals surface area contributed by atoms with Crippen molar-refractivity contribution in [2.24, 2.45) is 11.3 Å². The van der Waals surface area contributed by atoms with E-state index >= 15 is 0 Å². The number of nitrogens with zero attached hydrogens (tertiary/aromatic N) is 2. The maximum Gasteiger partial charge on any atom is 0.0645 e. The lowest BCUT2D eigenvalue weighted by Gasteiger charge is -2.30. The Kier molecular flexibility index (Phi) is 3.87. The summed E-state index contributed by atoms with van der Waals surface area (Å²) in [7, 11) is 0. The summed E-state index contributed by atoms with van der Waals surface area (Å²) >= 11 is 0. The van der Waals surface area contributed by atoms with Crippen LogP contribution >= 0.6 is 0 Å². The quantitative estimate of drug-likeness (QED) is 0.188. The first kappa shape index (κ1) is 17.2. The van der Waals surface area contributed by atoms with Gasteiger partial charge in [0.15, 0.2) is 0 Å². The van der Waals surface area contributed by atoms with E-state index in [0.717, 1.165) is 0 Å². The zero-order chi connectivity index (χ0) is 44.0. The van der Waals surface area contributed by atoms with Gasteiger partial charge in [0.1, 0.15) is 0 Å². The van der Waals surface area contributed by atoms with Gasteiger partial charge in [-0.3, -0.25) is 0 Å². The Morgan fingerprint density at radius 3 is 1.91 bits per heavy atom. The van der Waals surface area contributed by atoms with Crippen LogP contribution < -0.4 is 0 Å². The minimum atomic E-state index is -1.10. The molecule has 0 spiro atoms. The zero-order valence-electron chi connectivity index (χ0n) is 40.7. The summed E-state index contributed by atoms with van der Waals surface area (Å²) in [5, 5.41) is 0.364. The van der Waals surface area contributed by atoms with E-state index in [0.29, 0.717) is 22.5 Å². The zero-order valence-corrected chi connectivity index (χ0v) is 26.7. The third-order valence-corrected chi connectivity index (χ3v) is 8.70. The van der Waals surface area contributed by atoms with Gasteiger partial charge in [0.2, 0.25) is 0 Å². The van der Waals surface area contributed by atoms with Crippen molar-refractivity contribution in [2.75, 3.05) is 0 Å². The molecule has 0 aliphatic heterocycles. The number of hydrogen-bond donors (Lipinski definition) is 0. The fourth-order valence-corrected chi connectivity index (χ4v) is 6.18. The summed E-state index contributed by atoms with van der Waals surface area (Å²) < 4.78 is 129.